The average Bonchev–Trinajstić information content (AvgIpc) is 3.18. The Balaban J connectivity index is 4.74. The Bertz CT molecular complexity index is 957. The van der Waals surface area contributed by atoms with E-state index in [1.807, 2.05) is 12.2 Å². The molecule has 0 aromatic rings. The molecule has 0 aromatic carbocycles. The molecule has 0 aromatic heterocycles. The molecule has 0 aliphatic rings. The molecule has 0 radical (unpaired) electrons. The van der Waals surface area contributed by atoms with Crippen molar-refractivity contribution in [2.45, 2.75) is 244 Å². The number of hydrogen-bond donors (Lipinski definition) is 3. The monoisotopic (exact) mass is 772 g/mol. The van der Waals surface area contributed by atoms with E-state index in [1.165, 1.54) is 122 Å². The second-order valence-corrected chi connectivity index (χ2v) is 15.8. The number of allylic oxidation sites excluding steroid dienone is 7. The number of unbranched alkanes of at least 4 members (excludes halogenated alkanes) is 22. The summed E-state index contributed by atoms with van der Waals surface area (Å²) in [5.74, 6) is -0.576. The molecule has 0 saturated heterocycles. The van der Waals surface area contributed by atoms with Gasteiger partial charge in [-0.15, -0.1) is 0 Å². The summed E-state index contributed by atoms with van der Waals surface area (Å²) >= 11 is 0. The van der Waals surface area contributed by atoms with E-state index >= 15 is 0 Å². The molecule has 1 amide bonds. The van der Waals surface area contributed by atoms with Crippen LogP contribution in [0.2, 0.25) is 0 Å². The summed E-state index contributed by atoms with van der Waals surface area (Å²) in [4.78, 5) is 25.9. The number of carbonyl (C=O) groups excluding carboxylic acids is 2. The van der Waals surface area contributed by atoms with Crippen molar-refractivity contribution in [3.63, 3.8) is 0 Å². The molecule has 55 heavy (non-hydrogen) atoms. The Morgan fingerprint density at radius 1 is 0.545 bits per heavy atom. The fraction of sp³-hybridized carbons (Fsp3) is 0.796. The van der Waals surface area contributed by atoms with Gasteiger partial charge in [0.05, 0.1) is 25.2 Å². The van der Waals surface area contributed by atoms with E-state index < -0.39 is 18.2 Å². The van der Waals surface area contributed by atoms with Crippen molar-refractivity contribution in [1.29, 1.82) is 0 Å². The van der Waals surface area contributed by atoms with E-state index in [0.717, 1.165) is 57.8 Å². The minimum atomic E-state index is -0.807. The molecule has 6 heteroatoms. The lowest BCUT2D eigenvalue weighted by atomic mass is 10.0. The fourth-order valence-electron chi connectivity index (χ4n) is 6.82. The lowest BCUT2D eigenvalue weighted by Gasteiger charge is -2.24. The zero-order valence-corrected chi connectivity index (χ0v) is 36.3. The molecular formula is C49H89NO5. The van der Waals surface area contributed by atoms with Gasteiger partial charge in [0.2, 0.25) is 5.91 Å². The molecule has 320 valence electrons. The number of ether oxygens (including phenoxy) is 1. The topological polar surface area (TPSA) is 95.9 Å². The first-order valence-electron chi connectivity index (χ1n) is 23.4. The van der Waals surface area contributed by atoms with Crippen LogP contribution in [0, 0.1) is 0 Å². The lowest BCUT2D eigenvalue weighted by Crippen LogP contribution is -2.46. The standard InChI is InChI=1S/C49H89NO5/c1-4-7-10-13-16-19-22-23-24-25-27-28-31-34-37-40-45(55-49(54)42-39-36-33-30-21-18-15-12-9-6-3)43-48(53)50-46(44-51)47(52)41-38-35-32-29-26-20-17-14-11-8-5-2/h16,19,23-24,27-28,34,37,45-47,51-52H,4-15,17-18,20-22,25-26,29-33,35-36,38-44H2,1-3H3,(H,50,53)/b19-16-,24-23-,28-27-,37-34-. The summed E-state index contributed by atoms with van der Waals surface area (Å²) in [6.07, 6.45) is 50.4. The minimum Gasteiger partial charge on any atom is -0.461 e. The highest BCUT2D eigenvalue weighted by atomic mass is 16.5. The molecule has 3 unspecified atom stereocenters. The van der Waals surface area contributed by atoms with E-state index in [9.17, 15) is 19.8 Å². The summed E-state index contributed by atoms with van der Waals surface area (Å²) in [5.41, 5.74) is 0. The molecule has 0 heterocycles. The molecule has 6 nitrogen and oxygen atoms in total. The van der Waals surface area contributed by atoms with E-state index in [2.05, 4.69) is 62.5 Å². The van der Waals surface area contributed by atoms with Crippen molar-refractivity contribution < 1.29 is 24.5 Å². The van der Waals surface area contributed by atoms with Crippen LogP contribution in [0.15, 0.2) is 48.6 Å². The quantitative estimate of drug-likeness (QED) is 0.0327. The molecule has 3 N–H and O–H groups in total. The molecule has 0 fully saturated rings. The largest absolute Gasteiger partial charge is 0.461 e. The number of esters is 1. The van der Waals surface area contributed by atoms with Crippen molar-refractivity contribution >= 4 is 11.9 Å². The van der Waals surface area contributed by atoms with Crippen molar-refractivity contribution in [2.24, 2.45) is 0 Å². The maximum atomic E-state index is 13.1. The third-order valence-electron chi connectivity index (χ3n) is 10.4. The van der Waals surface area contributed by atoms with Crippen LogP contribution in [-0.2, 0) is 14.3 Å². The molecule has 0 bridgehead atoms. The SMILES string of the molecule is CCCCC/C=C\C/C=C\C/C=C\C/C=C\CC(CC(=O)NC(CO)C(O)CCCCCCCCCCCCC)OC(=O)CCCCCCCCCCCC. The summed E-state index contributed by atoms with van der Waals surface area (Å²) in [7, 11) is 0. The lowest BCUT2D eigenvalue weighted by molar-refractivity contribution is -0.150. The van der Waals surface area contributed by atoms with Crippen LogP contribution in [-0.4, -0.2) is 46.9 Å². The van der Waals surface area contributed by atoms with Gasteiger partial charge in [-0.05, 0) is 44.9 Å². The van der Waals surface area contributed by atoms with Gasteiger partial charge in [-0.1, -0.05) is 211 Å². The highest BCUT2D eigenvalue weighted by molar-refractivity contribution is 5.77. The highest BCUT2D eigenvalue weighted by Gasteiger charge is 2.23. The Labute approximate surface area is 340 Å². The molecule has 0 aliphatic heterocycles. The fourth-order valence-corrected chi connectivity index (χ4v) is 6.82. The van der Waals surface area contributed by atoms with Crippen LogP contribution >= 0.6 is 0 Å². The van der Waals surface area contributed by atoms with Gasteiger partial charge in [0.25, 0.3) is 0 Å². The molecule has 0 saturated carbocycles. The first kappa shape index (κ1) is 52.8. The van der Waals surface area contributed by atoms with Crippen LogP contribution in [0.4, 0.5) is 0 Å². The van der Waals surface area contributed by atoms with Crippen LogP contribution in [0.1, 0.15) is 226 Å². The average molecular weight is 772 g/mol. The predicted molar refractivity (Wildman–Crippen MR) is 236 cm³/mol. The summed E-state index contributed by atoms with van der Waals surface area (Å²) in [6, 6.07) is -0.727. The van der Waals surface area contributed by atoms with Crippen molar-refractivity contribution in [2.75, 3.05) is 6.61 Å². The Kier molecular flexibility index (Phi) is 41.2. The highest BCUT2D eigenvalue weighted by Crippen LogP contribution is 2.16. The van der Waals surface area contributed by atoms with Gasteiger partial charge in [0.1, 0.15) is 6.10 Å². The van der Waals surface area contributed by atoms with E-state index in [-0.39, 0.29) is 24.9 Å². The molecule has 0 spiro atoms. The van der Waals surface area contributed by atoms with E-state index in [1.54, 1.807) is 0 Å². The van der Waals surface area contributed by atoms with Gasteiger partial charge in [-0.3, -0.25) is 9.59 Å². The van der Waals surface area contributed by atoms with Gasteiger partial charge in [-0.2, -0.15) is 0 Å². The van der Waals surface area contributed by atoms with Gasteiger partial charge in [-0.25, -0.2) is 0 Å². The number of amides is 1. The predicted octanol–water partition coefficient (Wildman–Crippen LogP) is 13.5. The molecular weight excluding hydrogens is 683 g/mol. The number of aliphatic hydroxyl groups excluding tert-OH is 2. The van der Waals surface area contributed by atoms with Crippen molar-refractivity contribution in [1.82, 2.24) is 5.32 Å². The van der Waals surface area contributed by atoms with Crippen LogP contribution in [0.25, 0.3) is 0 Å². The van der Waals surface area contributed by atoms with Crippen LogP contribution in [0.3, 0.4) is 0 Å². The van der Waals surface area contributed by atoms with Crippen molar-refractivity contribution in [3.05, 3.63) is 48.6 Å². The summed E-state index contributed by atoms with van der Waals surface area (Å²) in [5, 5.41) is 23.6. The number of hydrogen-bond acceptors (Lipinski definition) is 5. The van der Waals surface area contributed by atoms with E-state index in [4.69, 9.17) is 4.74 Å². The number of carbonyl (C=O) groups is 2. The molecule has 0 aliphatic carbocycles. The number of nitrogens with one attached hydrogen (secondary N) is 1. The van der Waals surface area contributed by atoms with Crippen LogP contribution < -0.4 is 5.32 Å². The van der Waals surface area contributed by atoms with Gasteiger partial charge >= 0.3 is 5.97 Å². The Morgan fingerprint density at radius 3 is 1.45 bits per heavy atom. The van der Waals surface area contributed by atoms with Gasteiger partial charge < -0.3 is 20.3 Å². The normalized spacial score (nSPS) is 13.8. The second-order valence-electron chi connectivity index (χ2n) is 15.8. The van der Waals surface area contributed by atoms with E-state index in [0.29, 0.717) is 19.3 Å². The second kappa shape index (κ2) is 43.0. The number of rotatable bonds is 41. The third kappa shape index (κ3) is 38.5. The third-order valence-corrected chi connectivity index (χ3v) is 10.4. The molecule has 3 atom stereocenters. The summed E-state index contributed by atoms with van der Waals surface area (Å²) < 4.78 is 5.83. The maximum absolute atomic E-state index is 13.1. The summed E-state index contributed by atoms with van der Waals surface area (Å²) in [6.45, 7) is 6.40. The van der Waals surface area contributed by atoms with Crippen LogP contribution in [0.5, 0.6) is 0 Å². The van der Waals surface area contributed by atoms with Crippen molar-refractivity contribution in [3.8, 4) is 0 Å². The Hall–Kier alpha value is -2.18. The molecule has 0 rings (SSSR count). The smallest absolute Gasteiger partial charge is 0.306 e. The van der Waals surface area contributed by atoms with Gasteiger partial charge in [0.15, 0.2) is 0 Å². The number of aliphatic hydroxyl groups is 2. The minimum absolute atomic E-state index is 0.00343. The zero-order valence-electron chi connectivity index (χ0n) is 36.3. The maximum Gasteiger partial charge on any atom is 0.306 e. The Morgan fingerprint density at radius 2 is 0.964 bits per heavy atom. The first-order chi connectivity index (χ1) is 27.0. The zero-order chi connectivity index (χ0) is 40.3. The van der Waals surface area contributed by atoms with Gasteiger partial charge in [0, 0.05) is 12.8 Å². The first-order valence-corrected chi connectivity index (χ1v) is 23.4.